The van der Waals surface area contributed by atoms with E-state index in [1.165, 1.54) is 30.3 Å². The number of rotatable bonds is 5. The summed E-state index contributed by atoms with van der Waals surface area (Å²) in [6.45, 7) is 3.91. The number of nitro benzene ring substituents is 1. The zero-order chi connectivity index (χ0) is 17.0. The van der Waals surface area contributed by atoms with Crippen LogP contribution in [0.25, 0.3) is 0 Å². The van der Waals surface area contributed by atoms with Crippen LogP contribution in [0.5, 0.6) is 0 Å². The predicted octanol–water partition coefficient (Wildman–Crippen LogP) is 3.58. The second-order valence-electron chi connectivity index (χ2n) is 5.42. The number of carbonyl (C=O) groups excluding carboxylic acids is 1. The maximum atomic E-state index is 12.9. The highest BCUT2D eigenvalue weighted by Gasteiger charge is 2.14. The van der Waals surface area contributed by atoms with Crippen LogP contribution in [0.4, 0.5) is 10.1 Å². The highest BCUT2D eigenvalue weighted by Crippen LogP contribution is 2.19. The van der Waals surface area contributed by atoms with E-state index in [1.807, 2.05) is 6.92 Å². The summed E-state index contributed by atoms with van der Waals surface area (Å²) in [5.41, 5.74) is 1.72. The van der Waals surface area contributed by atoms with Gasteiger partial charge in [-0.1, -0.05) is 19.1 Å². The topological polar surface area (TPSA) is 72.2 Å². The monoisotopic (exact) mass is 316 g/mol. The number of aryl methyl sites for hydroxylation is 1. The van der Waals surface area contributed by atoms with Gasteiger partial charge in [0.25, 0.3) is 11.6 Å². The Morgan fingerprint density at radius 2 is 1.91 bits per heavy atom. The van der Waals surface area contributed by atoms with E-state index < -0.39 is 4.92 Å². The molecular formula is C17H17FN2O3. The molecule has 2 aromatic carbocycles. The van der Waals surface area contributed by atoms with Gasteiger partial charge in [0, 0.05) is 23.7 Å². The normalized spacial score (nSPS) is 11.8. The number of carbonyl (C=O) groups is 1. The summed E-state index contributed by atoms with van der Waals surface area (Å²) in [7, 11) is 0. The molecule has 0 aliphatic carbocycles. The van der Waals surface area contributed by atoms with Crippen LogP contribution in [0.3, 0.4) is 0 Å². The molecule has 5 nitrogen and oxygen atoms in total. The van der Waals surface area contributed by atoms with Crippen LogP contribution in [0.15, 0.2) is 42.5 Å². The molecule has 0 fully saturated rings. The smallest absolute Gasteiger partial charge is 0.272 e. The molecule has 0 radical (unpaired) electrons. The molecule has 1 unspecified atom stereocenters. The molecule has 0 aliphatic heterocycles. The summed E-state index contributed by atoms with van der Waals surface area (Å²) >= 11 is 0. The van der Waals surface area contributed by atoms with Crippen molar-refractivity contribution in [2.45, 2.75) is 19.8 Å². The van der Waals surface area contributed by atoms with Crippen molar-refractivity contribution >= 4 is 11.6 Å². The van der Waals surface area contributed by atoms with Gasteiger partial charge in [0.1, 0.15) is 5.82 Å². The maximum Gasteiger partial charge on any atom is 0.272 e. The van der Waals surface area contributed by atoms with Gasteiger partial charge in [0.15, 0.2) is 0 Å². The van der Waals surface area contributed by atoms with Gasteiger partial charge in [-0.25, -0.2) is 4.39 Å². The fraction of sp³-hybridized carbons (Fsp3) is 0.235. The predicted molar refractivity (Wildman–Crippen MR) is 85.0 cm³/mol. The maximum absolute atomic E-state index is 12.9. The molecule has 0 aromatic heterocycles. The van der Waals surface area contributed by atoms with Gasteiger partial charge in [-0.3, -0.25) is 14.9 Å². The van der Waals surface area contributed by atoms with Gasteiger partial charge in [-0.2, -0.15) is 0 Å². The lowest BCUT2D eigenvalue weighted by Gasteiger charge is -2.13. The van der Waals surface area contributed by atoms with Crippen molar-refractivity contribution in [2.24, 2.45) is 0 Å². The van der Waals surface area contributed by atoms with Crippen molar-refractivity contribution in [2.75, 3.05) is 6.54 Å². The van der Waals surface area contributed by atoms with Crippen molar-refractivity contribution in [3.8, 4) is 0 Å². The molecule has 2 aromatic rings. The van der Waals surface area contributed by atoms with Crippen LogP contribution >= 0.6 is 0 Å². The van der Waals surface area contributed by atoms with Crippen molar-refractivity contribution < 1.29 is 14.1 Å². The van der Waals surface area contributed by atoms with Crippen LogP contribution in [0.1, 0.15) is 34.3 Å². The lowest BCUT2D eigenvalue weighted by molar-refractivity contribution is -0.385. The Kier molecular flexibility index (Phi) is 5.05. The summed E-state index contributed by atoms with van der Waals surface area (Å²) < 4.78 is 12.9. The van der Waals surface area contributed by atoms with Gasteiger partial charge >= 0.3 is 0 Å². The van der Waals surface area contributed by atoms with Crippen LogP contribution in [0.2, 0.25) is 0 Å². The molecule has 6 heteroatoms. The van der Waals surface area contributed by atoms with Crippen LogP contribution in [-0.2, 0) is 0 Å². The van der Waals surface area contributed by atoms with Gasteiger partial charge in [0.2, 0.25) is 0 Å². The molecule has 120 valence electrons. The minimum Gasteiger partial charge on any atom is -0.351 e. The Labute approximate surface area is 133 Å². The first-order chi connectivity index (χ1) is 10.9. The van der Waals surface area contributed by atoms with E-state index in [2.05, 4.69) is 5.32 Å². The average Bonchev–Trinajstić information content (AvgIpc) is 2.52. The number of hydrogen-bond acceptors (Lipinski definition) is 3. The minimum absolute atomic E-state index is 0.0127. The van der Waals surface area contributed by atoms with Crippen LogP contribution in [-0.4, -0.2) is 17.4 Å². The fourth-order valence-corrected chi connectivity index (χ4v) is 2.26. The summed E-state index contributed by atoms with van der Waals surface area (Å²) in [5, 5.41) is 13.6. The Bertz CT molecular complexity index is 729. The van der Waals surface area contributed by atoms with E-state index >= 15 is 0 Å². The van der Waals surface area contributed by atoms with Crippen molar-refractivity contribution in [1.29, 1.82) is 0 Å². The van der Waals surface area contributed by atoms with E-state index in [4.69, 9.17) is 0 Å². The number of nitrogens with one attached hydrogen (secondary N) is 1. The van der Waals surface area contributed by atoms with E-state index in [9.17, 15) is 19.3 Å². The average molecular weight is 316 g/mol. The molecule has 0 saturated heterocycles. The highest BCUT2D eigenvalue weighted by atomic mass is 19.1. The first-order valence-electron chi connectivity index (χ1n) is 7.17. The van der Waals surface area contributed by atoms with E-state index in [0.717, 1.165) is 5.56 Å². The zero-order valence-electron chi connectivity index (χ0n) is 12.9. The third kappa shape index (κ3) is 4.12. The Hall–Kier alpha value is -2.76. The standard InChI is InChI=1S/C17H17FN2O3/c1-11-9-14(5-8-16(11)20(22)23)17(21)19-10-12(2)13-3-6-15(18)7-4-13/h3-9,12H,10H2,1-2H3,(H,19,21). The molecule has 23 heavy (non-hydrogen) atoms. The van der Waals surface area contributed by atoms with Gasteiger partial charge in [-0.05, 0) is 42.7 Å². The molecule has 0 heterocycles. The van der Waals surface area contributed by atoms with Crippen LogP contribution in [0, 0.1) is 22.9 Å². The van der Waals surface area contributed by atoms with Gasteiger partial charge in [-0.15, -0.1) is 0 Å². The Morgan fingerprint density at radius 3 is 2.48 bits per heavy atom. The number of nitrogens with zero attached hydrogens (tertiary/aromatic N) is 1. The summed E-state index contributed by atoms with van der Waals surface area (Å²) in [4.78, 5) is 22.4. The molecule has 0 spiro atoms. The molecule has 1 N–H and O–H groups in total. The van der Waals surface area contributed by atoms with Gasteiger partial charge < -0.3 is 5.32 Å². The summed E-state index contributed by atoms with van der Waals surface area (Å²) in [6, 6.07) is 10.4. The molecular weight excluding hydrogens is 299 g/mol. The first kappa shape index (κ1) is 16.6. The number of amides is 1. The Balaban J connectivity index is 2.00. The molecule has 0 aliphatic rings. The fourth-order valence-electron chi connectivity index (χ4n) is 2.26. The van der Waals surface area contributed by atoms with E-state index in [0.29, 0.717) is 17.7 Å². The molecule has 1 atom stereocenters. The quantitative estimate of drug-likeness (QED) is 0.677. The molecule has 0 saturated carbocycles. The SMILES string of the molecule is Cc1cc(C(=O)NCC(C)c2ccc(F)cc2)ccc1[N+](=O)[O-]. The third-order valence-corrected chi connectivity index (χ3v) is 3.66. The third-order valence-electron chi connectivity index (χ3n) is 3.66. The van der Waals surface area contributed by atoms with Crippen molar-refractivity contribution in [3.05, 3.63) is 75.1 Å². The summed E-state index contributed by atoms with van der Waals surface area (Å²) in [6.07, 6.45) is 0. The molecule has 2 rings (SSSR count). The molecule has 1 amide bonds. The van der Waals surface area contributed by atoms with E-state index in [-0.39, 0.29) is 23.3 Å². The number of halogens is 1. The largest absolute Gasteiger partial charge is 0.351 e. The summed E-state index contributed by atoms with van der Waals surface area (Å²) in [5.74, 6) is -0.568. The van der Waals surface area contributed by atoms with Crippen LogP contribution < -0.4 is 5.32 Å². The second-order valence-corrected chi connectivity index (χ2v) is 5.42. The first-order valence-corrected chi connectivity index (χ1v) is 7.17. The number of hydrogen-bond donors (Lipinski definition) is 1. The van der Waals surface area contributed by atoms with Gasteiger partial charge in [0.05, 0.1) is 4.92 Å². The van der Waals surface area contributed by atoms with Crippen molar-refractivity contribution in [1.82, 2.24) is 5.32 Å². The lowest BCUT2D eigenvalue weighted by Crippen LogP contribution is -2.27. The lowest BCUT2D eigenvalue weighted by atomic mass is 10.0. The number of nitro groups is 1. The van der Waals surface area contributed by atoms with E-state index in [1.54, 1.807) is 19.1 Å². The minimum atomic E-state index is -0.479. The highest BCUT2D eigenvalue weighted by molar-refractivity contribution is 5.94. The zero-order valence-corrected chi connectivity index (χ0v) is 12.9. The molecule has 0 bridgehead atoms. The number of benzene rings is 2. The second kappa shape index (κ2) is 7.00. The van der Waals surface area contributed by atoms with Crippen molar-refractivity contribution in [3.63, 3.8) is 0 Å². The Morgan fingerprint density at radius 1 is 1.26 bits per heavy atom.